The number of benzene rings is 1. The summed E-state index contributed by atoms with van der Waals surface area (Å²) in [6.07, 6.45) is 1.67. The molecule has 1 fully saturated rings. The number of phenolic OH excluding ortho intramolecular Hbond substituents is 1. The molecule has 0 aromatic heterocycles. The predicted octanol–water partition coefficient (Wildman–Crippen LogP) is 2.90. The van der Waals surface area contributed by atoms with Gasteiger partial charge in [-0.25, -0.2) is 8.78 Å². The molecule has 2 N–H and O–H groups in total. The van der Waals surface area contributed by atoms with E-state index in [9.17, 15) is 13.9 Å². The van der Waals surface area contributed by atoms with Crippen LogP contribution < -0.4 is 5.32 Å². The van der Waals surface area contributed by atoms with Crippen molar-refractivity contribution in [1.29, 1.82) is 0 Å². The summed E-state index contributed by atoms with van der Waals surface area (Å²) in [5, 5.41) is 12.4. The molecule has 0 amide bonds. The second kappa shape index (κ2) is 4.67. The number of nitrogens with one attached hydrogen (secondary N) is 1. The summed E-state index contributed by atoms with van der Waals surface area (Å²) in [5.41, 5.74) is 0.0666. The van der Waals surface area contributed by atoms with E-state index in [1.165, 1.54) is 0 Å². The van der Waals surface area contributed by atoms with Gasteiger partial charge in [0.1, 0.15) is 17.4 Å². The Morgan fingerprint density at radius 1 is 1.44 bits per heavy atom. The van der Waals surface area contributed by atoms with Crippen LogP contribution in [0.2, 0.25) is 0 Å². The summed E-state index contributed by atoms with van der Waals surface area (Å²) >= 11 is 2.92. The first-order chi connectivity index (χ1) is 7.61. The Hall–Kier alpha value is -0.680. The zero-order chi connectivity index (χ0) is 11.7. The van der Waals surface area contributed by atoms with Crippen LogP contribution in [0.3, 0.4) is 0 Å². The van der Waals surface area contributed by atoms with Crippen LogP contribution in [-0.4, -0.2) is 18.2 Å². The van der Waals surface area contributed by atoms with Crippen LogP contribution in [-0.2, 0) is 0 Å². The van der Waals surface area contributed by atoms with Gasteiger partial charge < -0.3 is 10.4 Å². The maximum Gasteiger partial charge on any atom is 0.147 e. The van der Waals surface area contributed by atoms with E-state index >= 15 is 0 Å². The van der Waals surface area contributed by atoms with Crippen molar-refractivity contribution in [3.8, 4) is 5.75 Å². The van der Waals surface area contributed by atoms with E-state index in [1.807, 2.05) is 0 Å². The molecule has 1 saturated heterocycles. The number of phenols is 1. The first kappa shape index (κ1) is 11.8. The average Bonchev–Trinajstić information content (AvgIpc) is 2.28. The number of aromatic hydroxyl groups is 1. The highest BCUT2D eigenvalue weighted by molar-refractivity contribution is 9.10. The monoisotopic (exact) mass is 291 g/mol. The SMILES string of the molecule is Oc1cc(F)c(C2CCCNC2)c(F)c1Br. The molecule has 1 aromatic carbocycles. The van der Waals surface area contributed by atoms with Gasteiger partial charge in [0.25, 0.3) is 0 Å². The molecular formula is C11H12BrF2NO. The van der Waals surface area contributed by atoms with Crippen LogP contribution in [0.15, 0.2) is 10.5 Å². The van der Waals surface area contributed by atoms with E-state index in [-0.39, 0.29) is 16.0 Å². The Labute approximate surface area is 101 Å². The molecule has 88 valence electrons. The van der Waals surface area contributed by atoms with E-state index in [4.69, 9.17) is 0 Å². The Bertz CT molecular complexity index is 405. The fraction of sp³-hybridized carbons (Fsp3) is 0.455. The summed E-state index contributed by atoms with van der Waals surface area (Å²) in [6.45, 7) is 1.46. The van der Waals surface area contributed by atoms with Crippen molar-refractivity contribution in [2.75, 3.05) is 13.1 Å². The smallest absolute Gasteiger partial charge is 0.147 e. The quantitative estimate of drug-likeness (QED) is 0.780. The van der Waals surface area contributed by atoms with E-state index in [1.54, 1.807) is 0 Å². The fourth-order valence-corrected chi connectivity index (χ4v) is 2.40. The summed E-state index contributed by atoms with van der Waals surface area (Å²) in [7, 11) is 0. The molecule has 5 heteroatoms. The first-order valence-electron chi connectivity index (χ1n) is 5.18. The van der Waals surface area contributed by atoms with Crippen molar-refractivity contribution in [3.63, 3.8) is 0 Å². The lowest BCUT2D eigenvalue weighted by Crippen LogP contribution is -2.29. The Morgan fingerprint density at radius 3 is 2.81 bits per heavy atom. The molecule has 2 rings (SSSR count). The lowest BCUT2D eigenvalue weighted by molar-refractivity contribution is 0.414. The summed E-state index contributed by atoms with van der Waals surface area (Å²) in [4.78, 5) is 0. The van der Waals surface area contributed by atoms with Crippen molar-refractivity contribution in [2.24, 2.45) is 0 Å². The van der Waals surface area contributed by atoms with Crippen molar-refractivity contribution in [1.82, 2.24) is 5.32 Å². The third-order valence-corrected chi connectivity index (χ3v) is 3.63. The van der Waals surface area contributed by atoms with Crippen LogP contribution in [0.1, 0.15) is 24.3 Å². The molecule has 1 atom stereocenters. The van der Waals surface area contributed by atoms with E-state index in [0.29, 0.717) is 6.54 Å². The molecule has 0 saturated carbocycles. The number of hydrogen-bond donors (Lipinski definition) is 2. The lowest BCUT2D eigenvalue weighted by atomic mass is 9.91. The van der Waals surface area contributed by atoms with Crippen molar-refractivity contribution >= 4 is 15.9 Å². The summed E-state index contributed by atoms with van der Waals surface area (Å²) < 4.78 is 27.4. The second-order valence-electron chi connectivity index (χ2n) is 3.96. The molecule has 0 spiro atoms. The summed E-state index contributed by atoms with van der Waals surface area (Å²) in [6, 6.07) is 0.955. The highest BCUT2D eigenvalue weighted by Gasteiger charge is 2.25. The molecule has 2 nitrogen and oxygen atoms in total. The zero-order valence-corrected chi connectivity index (χ0v) is 10.2. The van der Waals surface area contributed by atoms with E-state index < -0.39 is 17.4 Å². The van der Waals surface area contributed by atoms with Crippen molar-refractivity contribution in [3.05, 3.63) is 27.7 Å². The average molecular weight is 292 g/mol. The third kappa shape index (κ3) is 2.06. The van der Waals surface area contributed by atoms with Crippen LogP contribution in [0.5, 0.6) is 5.75 Å². The molecule has 0 bridgehead atoms. The second-order valence-corrected chi connectivity index (χ2v) is 4.76. The lowest BCUT2D eigenvalue weighted by Gasteiger charge is -2.24. The molecule has 0 aliphatic carbocycles. The van der Waals surface area contributed by atoms with Gasteiger partial charge in [0.15, 0.2) is 0 Å². The maximum atomic E-state index is 13.8. The normalized spacial score (nSPS) is 21.1. The van der Waals surface area contributed by atoms with Crippen LogP contribution in [0.25, 0.3) is 0 Å². The summed E-state index contributed by atoms with van der Waals surface area (Å²) in [5.74, 6) is -1.92. The van der Waals surface area contributed by atoms with Gasteiger partial charge in [0.2, 0.25) is 0 Å². The maximum absolute atomic E-state index is 13.8. The zero-order valence-electron chi connectivity index (χ0n) is 8.56. The van der Waals surface area contributed by atoms with Gasteiger partial charge in [0, 0.05) is 24.1 Å². The van der Waals surface area contributed by atoms with E-state index in [2.05, 4.69) is 21.2 Å². The molecule has 16 heavy (non-hydrogen) atoms. The van der Waals surface area contributed by atoms with Crippen molar-refractivity contribution < 1.29 is 13.9 Å². The Kier molecular flexibility index (Phi) is 3.44. The molecule has 1 heterocycles. The number of hydrogen-bond acceptors (Lipinski definition) is 2. The number of piperidine rings is 1. The molecule has 1 aliphatic rings. The van der Waals surface area contributed by atoms with Gasteiger partial charge in [-0.1, -0.05) is 0 Å². The molecule has 1 aliphatic heterocycles. The highest BCUT2D eigenvalue weighted by Crippen LogP contribution is 2.36. The van der Waals surface area contributed by atoms with Gasteiger partial charge >= 0.3 is 0 Å². The third-order valence-electron chi connectivity index (χ3n) is 2.88. The van der Waals surface area contributed by atoms with Gasteiger partial charge in [-0.2, -0.15) is 0 Å². The Balaban J connectivity index is 2.42. The topological polar surface area (TPSA) is 32.3 Å². The molecule has 1 aromatic rings. The molecule has 1 unspecified atom stereocenters. The minimum atomic E-state index is -0.689. The molecule has 0 radical (unpaired) electrons. The van der Waals surface area contributed by atoms with Crippen LogP contribution in [0, 0.1) is 11.6 Å². The number of rotatable bonds is 1. The van der Waals surface area contributed by atoms with Gasteiger partial charge in [-0.3, -0.25) is 0 Å². The first-order valence-corrected chi connectivity index (χ1v) is 5.97. The largest absolute Gasteiger partial charge is 0.507 e. The fourth-order valence-electron chi connectivity index (χ4n) is 2.07. The van der Waals surface area contributed by atoms with Gasteiger partial charge in [-0.15, -0.1) is 0 Å². The van der Waals surface area contributed by atoms with E-state index in [0.717, 1.165) is 25.5 Å². The van der Waals surface area contributed by atoms with Crippen LogP contribution in [0.4, 0.5) is 8.78 Å². The standard InChI is InChI=1S/C11H12BrF2NO/c12-10-8(16)4-7(13)9(11(10)14)6-2-1-3-15-5-6/h4,6,15-16H,1-3,5H2. The van der Waals surface area contributed by atoms with Crippen molar-refractivity contribution in [2.45, 2.75) is 18.8 Å². The highest BCUT2D eigenvalue weighted by atomic mass is 79.9. The molecular weight excluding hydrogens is 280 g/mol. The number of halogens is 3. The minimum Gasteiger partial charge on any atom is -0.507 e. The minimum absolute atomic E-state index is 0.0607. The predicted molar refractivity (Wildman–Crippen MR) is 60.6 cm³/mol. The van der Waals surface area contributed by atoms with Gasteiger partial charge in [0.05, 0.1) is 4.47 Å². The Morgan fingerprint density at radius 2 is 2.19 bits per heavy atom. The van der Waals surface area contributed by atoms with Crippen LogP contribution >= 0.6 is 15.9 Å². The van der Waals surface area contributed by atoms with Gasteiger partial charge in [-0.05, 0) is 35.3 Å².